The number of hydrogen-bond donors (Lipinski definition) is 2. The zero-order valence-electron chi connectivity index (χ0n) is 16.7. The first kappa shape index (κ1) is 29.5. The average Bonchev–Trinajstić information content (AvgIpc) is 2.75. The van der Waals surface area contributed by atoms with E-state index in [2.05, 4.69) is 9.97 Å². The summed E-state index contributed by atoms with van der Waals surface area (Å²) in [6.45, 7) is 0. The van der Waals surface area contributed by atoms with Crippen LogP contribution in [0.5, 0.6) is 17.2 Å². The molecule has 4 rings (SSSR count). The molecule has 2 aromatic heterocycles. The van der Waals surface area contributed by atoms with Gasteiger partial charge < -0.3 is 52.2 Å². The first-order valence-electron chi connectivity index (χ1n) is 8.74. The van der Waals surface area contributed by atoms with Gasteiger partial charge in [-0.3, -0.25) is 9.97 Å². The summed E-state index contributed by atoms with van der Waals surface area (Å²) in [6.07, 6.45) is 3.41. The van der Waals surface area contributed by atoms with Crippen LogP contribution in [0.25, 0.3) is 33.6 Å². The standard InChI is InChI=1S/C23H18N2O3.3ClH.Mn/c1-28-17-8-11-23(27)19(12-17)16-7-10-21(25-14-16)20-9-6-15(13-24-20)18-4-2-3-5-22(18)26;;;;/h2-14,26-27H,1H3;3*1H;/q;;;;+3/p-3. The van der Waals surface area contributed by atoms with E-state index in [9.17, 15) is 10.2 Å². The summed E-state index contributed by atoms with van der Waals surface area (Å²) in [5.41, 5.74) is 4.45. The van der Waals surface area contributed by atoms with Crippen LogP contribution in [-0.2, 0) is 17.1 Å². The van der Waals surface area contributed by atoms with Gasteiger partial charge >= 0.3 is 17.1 Å². The molecule has 0 radical (unpaired) electrons. The summed E-state index contributed by atoms with van der Waals surface area (Å²) in [4.78, 5) is 8.95. The molecule has 0 unspecified atom stereocenters. The summed E-state index contributed by atoms with van der Waals surface area (Å²) in [6, 6.07) is 19.7. The van der Waals surface area contributed by atoms with Gasteiger partial charge in [0.15, 0.2) is 0 Å². The molecule has 0 saturated heterocycles. The number of phenolic OH excluding ortho intramolecular Hbond substituents is 2. The zero-order chi connectivity index (χ0) is 19.5. The van der Waals surface area contributed by atoms with Crippen LogP contribution in [0.3, 0.4) is 0 Å². The molecule has 2 N–H and O–H groups in total. The Kier molecular flexibility index (Phi) is 12.1. The largest absolute Gasteiger partial charge is 3.00 e. The van der Waals surface area contributed by atoms with Gasteiger partial charge in [-0.1, -0.05) is 30.3 Å². The zero-order valence-corrected chi connectivity index (χ0v) is 20.2. The Morgan fingerprint density at radius 3 is 1.69 bits per heavy atom. The Labute approximate surface area is 215 Å². The molecule has 0 aliphatic rings. The number of halogens is 3. The normalized spacial score (nSPS) is 9.28. The topological polar surface area (TPSA) is 75.5 Å². The predicted octanol–water partition coefficient (Wildman–Crippen LogP) is -4.09. The number of nitrogens with zero attached hydrogens (tertiary/aromatic N) is 2. The number of hydrogen-bond acceptors (Lipinski definition) is 5. The second kappa shape index (κ2) is 13.2. The molecule has 5 nitrogen and oxygen atoms in total. The van der Waals surface area contributed by atoms with Crippen LogP contribution in [0.2, 0.25) is 0 Å². The molecule has 0 spiro atoms. The number of methoxy groups -OCH3 is 1. The first-order chi connectivity index (χ1) is 13.7. The fraction of sp³-hybridized carbons (Fsp3) is 0.0435. The fourth-order valence-electron chi connectivity index (χ4n) is 3.00. The number of pyridine rings is 2. The van der Waals surface area contributed by atoms with E-state index < -0.39 is 0 Å². The first-order valence-corrected chi connectivity index (χ1v) is 8.74. The maximum atomic E-state index is 10.1. The summed E-state index contributed by atoms with van der Waals surface area (Å²) in [5.74, 6) is 1.05. The van der Waals surface area contributed by atoms with E-state index in [1.807, 2.05) is 36.4 Å². The van der Waals surface area contributed by atoms with Crippen molar-refractivity contribution in [3.63, 3.8) is 0 Å². The maximum absolute atomic E-state index is 10.1. The van der Waals surface area contributed by atoms with Crippen LogP contribution in [0, 0.1) is 0 Å². The second-order valence-corrected chi connectivity index (χ2v) is 6.26. The van der Waals surface area contributed by atoms with Gasteiger partial charge in [-0.25, -0.2) is 0 Å². The number of para-hydroxylation sites is 1. The van der Waals surface area contributed by atoms with Crippen molar-refractivity contribution in [3.05, 3.63) is 79.1 Å². The quantitative estimate of drug-likeness (QED) is 0.262. The number of aromatic hydroxyl groups is 2. The van der Waals surface area contributed by atoms with Crippen LogP contribution >= 0.6 is 0 Å². The smallest absolute Gasteiger partial charge is 1.00 e. The van der Waals surface area contributed by atoms with E-state index in [4.69, 9.17) is 4.74 Å². The third-order valence-electron chi connectivity index (χ3n) is 4.52. The van der Waals surface area contributed by atoms with Gasteiger partial charge in [0, 0.05) is 34.6 Å². The minimum absolute atomic E-state index is 0. The van der Waals surface area contributed by atoms with E-state index in [1.165, 1.54) is 0 Å². The van der Waals surface area contributed by atoms with Gasteiger partial charge in [0.1, 0.15) is 17.2 Å². The van der Waals surface area contributed by atoms with Crippen molar-refractivity contribution >= 4 is 0 Å². The minimum Gasteiger partial charge on any atom is -1.00 e. The third kappa shape index (κ3) is 6.28. The SMILES string of the molecule is COc1ccc(O)c(-c2ccc(-c3ccc(-c4ccccc4O)cn3)nc2)c1.[Cl-].[Cl-].[Cl-].[Mn+3]. The Bertz CT molecular complexity index is 1130. The Morgan fingerprint density at radius 1 is 0.656 bits per heavy atom. The van der Waals surface area contributed by atoms with Gasteiger partial charge in [0.25, 0.3) is 0 Å². The van der Waals surface area contributed by atoms with Crippen molar-refractivity contribution in [1.29, 1.82) is 0 Å². The molecular formula is C23H18Cl3MnN2O3. The van der Waals surface area contributed by atoms with E-state index in [0.29, 0.717) is 11.3 Å². The molecule has 0 bridgehead atoms. The van der Waals surface area contributed by atoms with Gasteiger partial charge in [-0.05, 0) is 36.4 Å². The second-order valence-electron chi connectivity index (χ2n) is 6.26. The number of rotatable bonds is 4. The van der Waals surface area contributed by atoms with Crippen LogP contribution in [0.15, 0.2) is 79.1 Å². The molecule has 2 aromatic carbocycles. The van der Waals surface area contributed by atoms with Crippen LogP contribution in [-0.4, -0.2) is 27.3 Å². The van der Waals surface area contributed by atoms with Gasteiger partial charge in [-0.2, -0.15) is 0 Å². The Balaban J connectivity index is 0.00000240. The number of phenols is 2. The van der Waals surface area contributed by atoms with Gasteiger partial charge in [0.2, 0.25) is 0 Å². The molecule has 32 heavy (non-hydrogen) atoms. The molecule has 166 valence electrons. The molecule has 0 amide bonds. The fourth-order valence-corrected chi connectivity index (χ4v) is 3.00. The van der Waals surface area contributed by atoms with E-state index in [-0.39, 0.29) is 65.8 Å². The van der Waals surface area contributed by atoms with Crippen molar-refractivity contribution in [2.24, 2.45) is 0 Å². The van der Waals surface area contributed by atoms with Crippen LogP contribution in [0.4, 0.5) is 0 Å². The van der Waals surface area contributed by atoms with Crippen molar-refractivity contribution in [2.75, 3.05) is 7.11 Å². The molecule has 2 heterocycles. The predicted molar refractivity (Wildman–Crippen MR) is 108 cm³/mol. The number of aromatic nitrogens is 2. The Morgan fingerprint density at radius 2 is 1.19 bits per heavy atom. The van der Waals surface area contributed by atoms with Crippen LogP contribution in [0.1, 0.15) is 0 Å². The molecule has 4 aromatic rings. The molecule has 0 atom stereocenters. The summed E-state index contributed by atoms with van der Waals surface area (Å²) in [5, 5.41) is 20.1. The monoisotopic (exact) mass is 530 g/mol. The molecule has 9 heteroatoms. The maximum Gasteiger partial charge on any atom is 3.00 e. The molecule has 0 fully saturated rings. The van der Waals surface area contributed by atoms with Crippen molar-refractivity contribution < 1.29 is 69.2 Å². The van der Waals surface area contributed by atoms with E-state index in [1.54, 1.807) is 49.8 Å². The van der Waals surface area contributed by atoms with Gasteiger partial charge in [0.05, 0.1) is 18.5 Å². The number of benzene rings is 2. The molecule has 0 aliphatic heterocycles. The molecule has 0 aliphatic carbocycles. The van der Waals surface area contributed by atoms with Crippen molar-refractivity contribution in [2.45, 2.75) is 0 Å². The van der Waals surface area contributed by atoms with E-state index >= 15 is 0 Å². The minimum atomic E-state index is 0. The van der Waals surface area contributed by atoms with Crippen molar-refractivity contribution in [1.82, 2.24) is 9.97 Å². The Hall–Kier alpha value is -2.47. The van der Waals surface area contributed by atoms with Gasteiger partial charge in [-0.15, -0.1) is 0 Å². The average molecular weight is 532 g/mol. The number of ether oxygens (including phenoxy) is 1. The molecule has 0 saturated carbocycles. The summed E-state index contributed by atoms with van der Waals surface area (Å²) < 4.78 is 5.22. The molecular weight excluding hydrogens is 514 g/mol. The van der Waals surface area contributed by atoms with Crippen molar-refractivity contribution in [3.8, 4) is 50.9 Å². The third-order valence-corrected chi connectivity index (χ3v) is 4.52. The summed E-state index contributed by atoms with van der Waals surface area (Å²) in [7, 11) is 1.59. The summed E-state index contributed by atoms with van der Waals surface area (Å²) >= 11 is 0. The van der Waals surface area contributed by atoms with E-state index in [0.717, 1.165) is 28.1 Å². The van der Waals surface area contributed by atoms with Crippen LogP contribution < -0.4 is 42.0 Å².